The van der Waals surface area contributed by atoms with Crippen LogP contribution in [0.2, 0.25) is 0 Å². The van der Waals surface area contributed by atoms with Crippen LogP contribution in [0.1, 0.15) is 37.7 Å². The Hall–Kier alpha value is -1.39. The number of nitrogens with two attached hydrogens (primary N) is 1. The molecule has 0 saturated carbocycles. The fraction of sp³-hybridized carbons (Fsp3) is 0.611. The first kappa shape index (κ1) is 15.5. The van der Waals surface area contributed by atoms with Crippen LogP contribution in [0.5, 0.6) is 0 Å². The number of likely N-dealkylation sites (tertiary alicyclic amines) is 1. The van der Waals surface area contributed by atoms with E-state index in [0.29, 0.717) is 5.92 Å². The van der Waals surface area contributed by atoms with Gasteiger partial charge in [0.25, 0.3) is 0 Å². The first-order chi connectivity index (χ1) is 10.7. The molecule has 3 rings (SSSR count). The molecule has 4 nitrogen and oxygen atoms in total. The van der Waals surface area contributed by atoms with Gasteiger partial charge in [-0.25, -0.2) is 0 Å². The Morgan fingerprint density at radius 1 is 1.23 bits per heavy atom. The smallest absolute Gasteiger partial charge is 0.238 e. The zero-order valence-electron chi connectivity index (χ0n) is 13.3. The van der Waals surface area contributed by atoms with Gasteiger partial charge in [0.2, 0.25) is 5.91 Å². The number of carbonyl (C=O) groups is 1. The number of primary amides is 1. The summed E-state index contributed by atoms with van der Waals surface area (Å²) in [6.07, 6.45) is 5.29. The van der Waals surface area contributed by atoms with Crippen molar-refractivity contribution < 1.29 is 4.79 Å². The highest BCUT2D eigenvalue weighted by atomic mass is 16.1. The fourth-order valence-corrected chi connectivity index (χ4v) is 4.11. The third-order valence-corrected chi connectivity index (χ3v) is 5.41. The predicted octanol–water partition coefficient (Wildman–Crippen LogP) is 1.90. The molecule has 1 amide bonds. The van der Waals surface area contributed by atoms with Gasteiger partial charge in [-0.15, -0.1) is 0 Å². The lowest BCUT2D eigenvalue weighted by Gasteiger charge is -2.45. The number of nitrogens with one attached hydrogen (secondary N) is 1. The molecule has 2 fully saturated rings. The summed E-state index contributed by atoms with van der Waals surface area (Å²) in [7, 11) is 0. The molecule has 2 saturated heterocycles. The molecule has 22 heavy (non-hydrogen) atoms. The van der Waals surface area contributed by atoms with Crippen LogP contribution in [0.25, 0.3) is 0 Å². The number of hydrogen-bond acceptors (Lipinski definition) is 3. The maximum absolute atomic E-state index is 12.1. The van der Waals surface area contributed by atoms with E-state index in [2.05, 4.69) is 40.5 Å². The van der Waals surface area contributed by atoms with E-state index in [9.17, 15) is 4.79 Å². The van der Waals surface area contributed by atoms with Crippen LogP contribution < -0.4 is 11.1 Å². The summed E-state index contributed by atoms with van der Waals surface area (Å²) < 4.78 is 0. The van der Waals surface area contributed by atoms with Crippen LogP contribution in [0.3, 0.4) is 0 Å². The van der Waals surface area contributed by atoms with Gasteiger partial charge in [0.05, 0.1) is 0 Å². The molecule has 1 aromatic carbocycles. The highest BCUT2D eigenvalue weighted by Crippen LogP contribution is 2.34. The van der Waals surface area contributed by atoms with E-state index in [4.69, 9.17) is 5.73 Å². The van der Waals surface area contributed by atoms with Gasteiger partial charge < -0.3 is 11.1 Å². The van der Waals surface area contributed by atoms with Gasteiger partial charge >= 0.3 is 0 Å². The Bertz CT molecular complexity index is 488. The molecule has 0 spiro atoms. The minimum absolute atomic E-state index is 0.145. The van der Waals surface area contributed by atoms with Crippen molar-refractivity contribution in [2.45, 2.75) is 44.2 Å². The molecule has 1 aromatic rings. The van der Waals surface area contributed by atoms with Crippen LogP contribution in [-0.4, -0.2) is 36.0 Å². The normalized spacial score (nSPS) is 27.6. The van der Waals surface area contributed by atoms with Crippen LogP contribution in [0, 0.1) is 5.92 Å². The summed E-state index contributed by atoms with van der Waals surface area (Å²) in [6.45, 7) is 4.03. The zero-order valence-corrected chi connectivity index (χ0v) is 13.3. The first-order valence-corrected chi connectivity index (χ1v) is 8.52. The Morgan fingerprint density at radius 2 is 1.95 bits per heavy atom. The third-order valence-electron chi connectivity index (χ3n) is 5.41. The van der Waals surface area contributed by atoms with Gasteiger partial charge in [0.15, 0.2) is 0 Å². The van der Waals surface area contributed by atoms with E-state index in [-0.39, 0.29) is 5.91 Å². The van der Waals surface area contributed by atoms with Crippen molar-refractivity contribution in [3.05, 3.63) is 35.9 Å². The summed E-state index contributed by atoms with van der Waals surface area (Å²) >= 11 is 0. The van der Waals surface area contributed by atoms with Crippen LogP contribution in [0.4, 0.5) is 0 Å². The van der Waals surface area contributed by atoms with Crippen molar-refractivity contribution in [1.82, 2.24) is 10.2 Å². The Morgan fingerprint density at radius 3 is 2.55 bits per heavy atom. The minimum atomic E-state index is -0.447. The monoisotopic (exact) mass is 301 g/mol. The van der Waals surface area contributed by atoms with Crippen molar-refractivity contribution in [2.75, 3.05) is 19.6 Å². The van der Waals surface area contributed by atoms with Crippen LogP contribution in [-0.2, 0) is 11.3 Å². The van der Waals surface area contributed by atoms with Gasteiger partial charge in [-0.2, -0.15) is 0 Å². The standard InChI is InChI=1S/C18H27N3O/c19-17(22)18(10-4-5-11-20-18)16-8-12-21(13-9-16)14-15-6-2-1-3-7-15/h1-3,6-7,16,20H,4-5,8-14H2,(H2,19,22). The number of benzene rings is 1. The SMILES string of the molecule is NC(=O)C1(C2CCN(Cc3ccccc3)CC2)CCCCN1. The number of carbonyl (C=O) groups excluding carboxylic acids is 1. The number of amides is 1. The van der Waals surface area contributed by atoms with Gasteiger partial charge in [-0.3, -0.25) is 9.69 Å². The second kappa shape index (κ2) is 6.80. The van der Waals surface area contributed by atoms with E-state index in [1.54, 1.807) is 0 Å². The van der Waals surface area contributed by atoms with Gasteiger partial charge in [0, 0.05) is 6.54 Å². The largest absolute Gasteiger partial charge is 0.368 e. The second-order valence-electron chi connectivity index (χ2n) is 6.76. The van der Waals surface area contributed by atoms with Crippen LogP contribution in [0.15, 0.2) is 30.3 Å². The molecule has 2 aliphatic heterocycles. The molecule has 3 N–H and O–H groups in total. The zero-order chi connectivity index (χ0) is 15.4. The molecule has 1 unspecified atom stereocenters. The maximum atomic E-state index is 12.1. The first-order valence-electron chi connectivity index (χ1n) is 8.52. The van der Waals surface area contributed by atoms with Gasteiger partial charge in [0.1, 0.15) is 5.54 Å². The molecule has 0 aliphatic carbocycles. The summed E-state index contributed by atoms with van der Waals surface area (Å²) in [4.78, 5) is 14.6. The highest BCUT2D eigenvalue weighted by Gasteiger charge is 2.45. The number of rotatable bonds is 4. The molecule has 120 valence electrons. The van der Waals surface area contributed by atoms with E-state index in [1.165, 1.54) is 5.56 Å². The van der Waals surface area contributed by atoms with Crippen molar-refractivity contribution in [3.63, 3.8) is 0 Å². The van der Waals surface area contributed by atoms with E-state index in [1.807, 2.05) is 0 Å². The summed E-state index contributed by atoms with van der Waals surface area (Å²) in [5.74, 6) is 0.242. The average molecular weight is 301 g/mol. The molecule has 4 heteroatoms. The van der Waals surface area contributed by atoms with Gasteiger partial charge in [-0.05, 0) is 63.2 Å². The molecular weight excluding hydrogens is 274 g/mol. The summed E-state index contributed by atoms with van der Waals surface area (Å²) in [6, 6.07) is 10.6. The fourth-order valence-electron chi connectivity index (χ4n) is 4.11. The predicted molar refractivity (Wildman–Crippen MR) is 88.2 cm³/mol. The Labute approximate surface area is 133 Å². The lowest BCUT2D eigenvalue weighted by atomic mass is 9.72. The van der Waals surface area contributed by atoms with E-state index < -0.39 is 5.54 Å². The molecule has 2 aliphatic rings. The number of nitrogens with zero attached hydrogens (tertiary/aromatic N) is 1. The second-order valence-corrected chi connectivity index (χ2v) is 6.76. The molecular formula is C18H27N3O. The Balaban J connectivity index is 1.59. The van der Waals surface area contributed by atoms with Crippen LogP contribution >= 0.6 is 0 Å². The summed E-state index contributed by atoms with van der Waals surface area (Å²) in [5, 5.41) is 3.47. The maximum Gasteiger partial charge on any atom is 0.238 e. The van der Waals surface area contributed by atoms with E-state index >= 15 is 0 Å². The average Bonchev–Trinajstić information content (AvgIpc) is 2.57. The lowest BCUT2D eigenvalue weighted by Crippen LogP contribution is -2.63. The number of hydrogen-bond donors (Lipinski definition) is 2. The molecule has 2 heterocycles. The van der Waals surface area contributed by atoms with Crippen molar-refractivity contribution in [1.29, 1.82) is 0 Å². The van der Waals surface area contributed by atoms with Crippen molar-refractivity contribution in [3.8, 4) is 0 Å². The molecule has 0 bridgehead atoms. The Kier molecular flexibility index (Phi) is 4.79. The molecule has 0 radical (unpaired) electrons. The van der Waals surface area contributed by atoms with Crippen molar-refractivity contribution >= 4 is 5.91 Å². The van der Waals surface area contributed by atoms with Gasteiger partial charge in [-0.1, -0.05) is 30.3 Å². The quantitative estimate of drug-likeness (QED) is 0.893. The number of piperidine rings is 2. The lowest BCUT2D eigenvalue weighted by molar-refractivity contribution is -0.129. The highest BCUT2D eigenvalue weighted by molar-refractivity contribution is 5.85. The molecule has 1 atom stereocenters. The molecule has 0 aromatic heterocycles. The third kappa shape index (κ3) is 3.18. The topological polar surface area (TPSA) is 58.4 Å². The van der Waals surface area contributed by atoms with Crippen molar-refractivity contribution in [2.24, 2.45) is 11.7 Å². The minimum Gasteiger partial charge on any atom is -0.368 e. The summed E-state index contributed by atoms with van der Waals surface area (Å²) in [5.41, 5.74) is 6.69. The van der Waals surface area contributed by atoms with E-state index in [0.717, 1.165) is 58.3 Å².